The van der Waals surface area contributed by atoms with Crippen LogP contribution in [0.5, 0.6) is 0 Å². The van der Waals surface area contributed by atoms with Gasteiger partial charge in [-0.15, -0.1) is 11.8 Å². The third-order valence-corrected chi connectivity index (χ3v) is 6.81. The summed E-state index contributed by atoms with van der Waals surface area (Å²) < 4.78 is 15.1. The van der Waals surface area contributed by atoms with E-state index in [1.807, 2.05) is 48.7 Å². The second kappa shape index (κ2) is 9.61. The van der Waals surface area contributed by atoms with Gasteiger partial charge < -0.3 is 15.2 Å². The molecule has 32 heavy (non-hydrogen) atoms. The van der Waals surface area contributed by atoms with Crippen LogP contribution in [0.2, 0.25) is 0 Å². The summed E-state index contributed by atoms with van der Waals surface area (Å²) in [6.45, 7) is 4.57. The molecule has 1 aromatic heterocycles. The number of fused-ring (bicyclic) bond motifs is 1. The van der Waals surface area contributed by atoms with E-state index in [9.17, 15) is 14.0 Å². The number of hydrogen-bond acceptors (Lipinski definition) is 3. The summed E-state index contributed by atoms with van der Waals surface area (Å²) in [5.41, 5.74) is 2.87. The molecule has 4 rings (SSSR count). The van der Waals surface area contributed by atoms with Crippen LogP contribution in [0.3, 0.4) is 0 Å². The number of nitrogens with zero attached hydrogens (tertiary/aromatic N) is 1. The highest BCUT2D eigenvalue weighted by Gasteiger charge is 2.29. The normalized spacial score (nSPS) is 14.5. The van der Waals surface area contributed by atoms with Crippen molar-refractivity contribution in [1.82, 2.24) is 15.2 Å². The molecular formula is C25H26FN3O2S. The Labute approximate surface area is 191 Å². The van der Waals surface area contributed by atoms with Gasteiger partial charge in [0.2, 0.25) is 0 Å². The second-order valence-electron chi connectivity index (χ2n) is 7.84. The summed E-state index contributed by atoms with van der Waals surface area (Å²) in [6, 6.07) is 17.2. The summed E-state index contributed by atoms with van der Waals surface area (Å²) in [6.07, 6.45) is 0.765. The number of halogens is 1. The quantitative estimate of drug-likeness (QED) is 0.525. The van der Waals surface area contributed by atoms with Gasteiger partial charge in [-0.3, -0.25) is 9.59 Å². The van der Waals surface area contributed by atoms with E-state index in [0.29, 0.717) is 17.8 Å². The molecule has 0 spiro atoms. The topological polar surface area (TPSA) is 63.1 Å². The fraction of sp³-hybridized carbons (Fsp3) is 0.280. The number of aromatic nitrogens is 1. The lowest BCUT2D eigenvalue weighted by Gasteiger charge is -2.17. The van der Waals surface area contributed by atoms with E-state index in [-0.39, 0.29) is 29.7 Å². The monoisotopic (exact) mass is 451 g/mol. The van der Waals surface area contributed by atoms with Gasteiger partial charge in [0, 0.05) is 12.3 Å². The summed E-state index contributed by atoms with van der Waals surface area (Å²) >= 11 is 1.59. The fourth-order valence-electron chi connectivity index (χ4n) is 3.94. The molecule has 0 radical (unpaired) electrons. The minimum atomic E-state index is -0.315. The number of hydrogen-bond donors (Lipinski definition) is 2. The van der Waals surface area contributed by atoms with Crippen molar-refractivity contribution in [3.8, 4) is 0 Å². The number of nitrogens with one attached hydrogen (secondary N) is 2. The molecule has 2 atom stereocenters. The first-order valence-corrected chi connectivity index (χ1v) is 11.7. The number of amides is 2. The van der Waals surface area contributed by atoms with E-state index in [2.05, 4.69) is 10.6 Å². The lowest BCUT2D eigenvalue weighted by molar-refractivity contribution is 0.0924. The first-order valence-electron chi connectivity index (χ1n) is 10.8. The van der Waals surface area contributed by atoms with Gasteiger partial charge in [-0.25, -0.2) is 4.39 Å². The van der Waals surface area contributed by atoms with Gasteiger partial charge in [-0.1, -0.05) is 49.4 Å². The van der Waals surface area contributed by atoms with Crippen LogP contribution in [0.4, 0.5) is 4.39 Å². The number of carbonyl (C=O) groups is 2. The molecule has 166 valence electrons. The predicted octanol–water partition coefficient (Wildman–Crippen LogP) is 5.11. The van der Waals surface area contributed by atoms with Crippen molar-refractivity contribution in [1.29, 1.82) is 0 Å². The predicted molar refractivity (Wildman–Crippen MR) is 124 cm³/mol. The van der Waals surface area contributed by atoms with E-state index in [4.69, 9.17) is 0 Å². The maximum Gasteiger partial charge on any atom is 0.268 e. The minimum absolute atomic E-state index is 0.0959. The third-order valence-electron chi connectivity index (χ3n) is 5.71. The van der Waals surface area contributed by atoms with Crippen LogP contribution >= 0.6 is 11.8 Å². The summed E-state index contributed by atoms with van der Waals surface area (Å²) in [5.74, 6) is 0.0783. The van der Waals surface area contributed by atoms with Crippen LogP contribution in [0, 0.1) is 5.82 Å². The first kappa shape index (κ1) is 22.1. The molecule has 0 aliphatic carbocycles. The number of benzene rings is 2. The van der Waals surface area contributed by atoms with Gasteiger partial charge in [0.1, 0.15) is 11.5 Å². The molecular weight excluding hydrogens is 425 g/mol. The smallest absolute Gasteiger partial charge is 0.268 e. The van der Waals surface area contributed by atoms with Gasteiger partial charge in [0.15, 0.2) is 0 Å². The molecule has 0 bridgehead atoms. The van der Waals surface area contributed by atoms with Crippen molar-refractivity contribution < 1.29 is 14.0 Å². The van der Waals surface area contributed by atoms with Gasteiger partial charge in [-0.05, 0) is 42.7 Å². The lowest BCUT2D eigenvalue weighted by Crippen LogP contribution is -2.29. The third kappa shape index (κ3) is 4.58. The average molecular weight is 452 g/mol. The van der Waals surface area contributed by atoms with E-state index in [0.717, 1.165) is 28.3 Å². The maximum atomic E-state index is 13.2. The van der Waals surface area contributed by atoms with Gasteiger partial charge in [-0.2, -0.15) is 0 Å². The highest BCUT2D eigenvalue weighted by Crippen LogP contribution is 2.33. The van der Waals surface area contributed by atoms with Crippen LogP contribution in [-0.2, 0) is 6.54 Å². The highest BCUT2D eigenvalue weighted by atomic mass is 32.2. The Kier molecular flexibility index (Phi) is 6.65. The summed E-state index contributed by atoms with van der Waals surface area (Å²) in [4.78, 5) is 26.2. The van der Waals surface area contributed by atoms with E-state index in [1.165, 1.54) is 12.1 Å². The van der Waals surface area contributed by atoms with Crippen LogP contribution < -0.4 is 10.6 Å². The molecule has 1 aliphatic heterocycles. The average Bonchev–Trinajstić information content (AvgIpc) is 3.41. The standard InChI is InChI=1S/C25H26FN3O2S/c1-3-21(18-7-5-4-6-8-18)28-23(30)20-15-22(29-13-14-32-25(20)29)24(31)27-16(2)17-9-11-19(26)12-10-17/h4-12,15-16,21H,3,13-14H2,1-2H3,(H,27,31)(H,28,30). The lowest BCUT2D eigenvalue weighted by atomic mass is 10.0. The fourth-order valence-corrected chi connectivity index (χ4v) is 5.06. The molecule has 2 heterocycles. The highest BCUT2D eigenvalue weighted by molar-refractivity contribution is 7.99. The Hall–Kier alpha value is -3.06. The number of carbonyl (C=O) groups excluding carboxylic acids is 2. The van der Waals surface area contributed by atoms with Gasteiger partial charge in [0.25, 0.3) is 11.8 Å². The molecule has 7 heteroatoms. The molecule has 2 unspecified atom stereocenters. The maximum absolute atomic E-state index is 13.2. The largest absolute Gasteiger partial charge is 0.345 e. The summed E-state index contributed by atoms with van der Waals surface area (Å²) in [5, 5.41) is 6.91. The zero-order valence-electron chi connectivity index (χ0n) is 18.1. The zero-order chi connectivity index (χ0) is 22.7. The Morgan fingerprint density at radius 3 is 2.44 bits per heavy atom. The SMILES string of the molecule is CCC(NC(=O)c1cc(C(=O)NC(C)c2ccc(F)cc2)n2c1SCC2)c1ccccc1. The van der Waals surface area contributed by atoms with Gasteiger partial charge >= 0.3 is 0 Å². The molecule has 2 N–H and O–H groups in total. The zero-order valence-corrected chi connectivity index (χ0v) is 18.9. The molecule has 0 saturated heterocycles. The van der Waals surface area contributed by atoms with E-state index < -0.39 is 0 Å². The molecule has 1 aliphatic rings. The van der Waals surface area contributed by atoms with Crippen LogP contribution in [-0.4, -0.2) is 22.1 Å². The molecule has 2 aromatic carbocycles. The van der Waals surface area contributed by atoms with E-state index >= 15 is 0 Å². The van der Waals surface area contributed by atoms with Crippen LogP contribution in [0.15, 0.2) is 65.7 Å². The van der Waals surface area contributed by atoms with Crippen molar-refractivity contribution in [2.75, 3.05) is 5.75 Å². The molecule has 3 aromatic rings. The molecule has 0 fully saturated rings. The molecule has 0 saturated carbocycles. The number of thioether (sulfide) groups is 1. The first-order chi connectivity index (χ1) is 15.5. The Morgan fingerprint density at radius 2 is 1.75 bits per heavy atom. The minimum Gasteiger partial charge on any atom is -0.345 e. The van der Waals surface area contributed by atoms with Crippen LogP contribution in [0.25, 0.3) is 0 Å². The second-order valence-corrected chi connectivity index (χ2v) is 8.92. The van der Waals surface area contributed by atoms with Crippen molar-refractivity contribution in [3.63, 3.8) is 0 Å². The van der Waals surface area contributed by atoms with Crippen molar-refractivity contribution >= 4 is 23.6 Å². The molecule has 5 nitrogen and oxygen atoms in total. The Balaban J connectivity index is 1.53. The summed E-state index contributed by atoms with van der Waals surface area (Å²) in [7, 11) is 0. The molecule has 2 amide bonds. The van der Waals surface area contributed by atoms with Crippen molar-refractivity contribution in [2.24, 2.45) is 0 Å². The van der Waals surface area contributed by atoms with Crippen molar-refractivity contribution in [3.05, 3.63) is 88.9 Å². The van der Waals surface area contributed by atoms with Gasteiger partial charge in [0.05, 0.1) is 22.7 Å². The van der Waals surface area contributed by atoms with Crippen molar-refractivity contribution in [2.45, 2.75) is 43.9 Å². The van der Waals surface area contributed by atoms with E-state index in [1.54, 1.807) is 30.0 Å². The van der Waals surface area contributed by atoms with Crippen LogP contribution in [0.1, 0.15) is 64.3 Å². The Bertz CT molecular complexity index is 1110. The number of rotatable bonds is 7. The Morgan fingerprint density at radius 1 is 1.03 bits per heavy atom.